The van der Waals surface area contributed by atoms with Crippen LogP contribution in [0.3, 0.4) is 0 Å². The van der Waals surface area contributed by atoms with Gasteiger partial charge in [0.2, 0.25) is 0 Å². The summed E-state index contributed by atoms with van der Waals surface area (Å²) in [5, 5.41) is 0. The van der Waals surface area contributed by atoms with E-state index in [2.05, 4.69) is 128 Å². The van der Waals surface area contributed by atoms with Crippen molar-refractivity contribution >= 4 is 48.9 Å². The summed E-state index contributed by atoms with van der Waals surface area (Å²) in [6.45, 7) is 0. The van der Waals surface area contributed by atoms with Crippen molar-refractivity contribution in [3.63, 3.8) is 0 Å². The summed E-state index contributed by atoms with van der Waals surface area (Å²) in [7, 11) is 0. The minimum Gasteiger partial charge on any atom is -0.310 e. The zero-order chi connectivity index (χ0) is 18.6. The normalized spacial score (nSPS) is 10.6. The largest absolute Gasteiger partial charge is 0.310 e. The number of rotatable bonds is 4. The Morgan fingerprint density at radius 3 is 1.70 bits per heavy atom. The highest BCUT2D eigenvalue weighted by molar-refractivity contribution is 9.10. The van der Waals surface area contributed by atoms with Crippen LogP contribution < -0.4 is 4.90 Å². The number of anilines is 3. The lowest BCUT2D eigenvalue weighted by atomic mass is 10.0. The van der Waals surface area contributed by atoms with Crippen molar-refractivity contribution in [3.8, 4) is 11.1 Å². The molecule has 27 heavy (non-hydrogen) atoms. The summed E-state index contributed by atoms with van der Waals surface area (Å²) in [6, 6.07) is 35.7. The van der Waals surface area contributed by atoms with Crippen LogP contribution in [-0.2, 0) is 0 Å². The van der Waals surface area contributed by atoms with Crippen LogP contribution in [0, 0.1) is 0 Å². The SMILES string of the molecule is Brc1ccc(N(c2ccccc2)c2ccc(-c3ccccc3)c(Br)c2)cc1. The first-order valence-electron chi connectivity index (χ1n) is 8.68. The van der Waals surface area contributed by atoms with Gasteiger partial charge in [0.15, 0.2) is 0 Å². The van der Waals surface area contributed by atoms with Gasteiger partial charge < -0.3 is 4.90 Å². The van der Waals surface area contributed by atoms with Crippen molar-refractivity contribution in [2.24, 2.45) is 0 Å². The third-order valence-electron chi connectivity index (χ3n) is 4.39. The Hall–Kier alpha value is -2.36. The van der Waals surface area contributed by atoms with Crippen LogP contribution in [0.5, 0.6) is 0 Å². The molecule has 4 aromatic carbocycles. The molecule has 4 rings (SSSR count). The summed E-state index contributed by atoms with van der Waals surface area (Å²) >= 11 is 7.30. The van der Waals surface area contributed by atoms with E-state index >= 15 is 0 Å². The molecule has 1 nitrogen and oxygen atoms in total. The number of para-hydroxylation sites is 1. The number of hydrogen-bond donors (Lipinski definition) is 0. The number of nitrogens with zero attached hydrogens (tertiary/aromatic N) is 1. The lowest BCUT2D eigenvalue weighted by molar-refractivity contribution is 1.28. The van der Waals surface area contributed by atoms with Crippen LogP contribution in [0.15, 0.2) is 112 Å². The van der Waals surface area contributed by atoms with Gasteiger partial charge in [-0.15, -0.1) is 0 Å². The fourth-order valence-corrected chi connectivity index (χ4v) is 3.97. The Balaban J connectivity index is 1.81. The molecule has 0 atom stereocenters. The van der Waals surface area contributed by atoms with Crippen LogP contribution in [-0.4, -0.2) is 0 Å². The van der Waals surface area contributed by atoms with Gasteiger partial charge in [0.25, 0.3) is 0 Å². The van der Waals surface area contributed by atoms with Crippen molar-refractivity contribution in [2.75, 3.05) is 4.90 Å². The Labute approximate surface area is 176 Å². The smallest absolute Gasteiger partial charge is 0.0473 e. The quantitative estimate of drug-likeness (QED) is 0.284. The Kier molecular flexibility index (Phi) is 5.42. The average molecular weight is 479 g/mol. The van der Waals surface area contributed by atoms with Crippen molar-refractivity contribution < 1.29 is 0 Å². The molecule has 0 heterocycles. The molecule has 0 aliphatic heterocycles. The van der Waals surface area contributed by atoms with Crippen LogP contribution in [0.1, 0.15) is 0 Å². The van der Waals surface area contributed by atoms with E-state index < -0.39 is 0 Å². The molecular formula is C24H17Br2N. The molecule has 0 bridgehead atoms. The third kappa shape index (κ3) is 4.00. The third-order valence-corrected chi connectivity index (χ3v) is 5.58. The molecule has 4 aromatic rings. The van der Waals surface area contributed by atoms with Crippen LogP contribution in [0.25, 0.3) is 11.1 Å². The maximum Gasteiger partial charge on any atom is 0.0473 e. The van der Waals surface area contributed by atoms with Crippen LogP contribution in [0.4, 0.5) is 17.1 Å². The van der Waals surface area contributed by atoms with Crippen molar-refractivity contribution in [1.29, 1.82) is 0 Å². The molecule has 0 N–H and O–H groups in total. The van der Waals surface area contributed by atoms with Gasteiger partial charge >= 0.3 is 0 Å². The summed E-state index contributed by atoms with van der Waals surface area (Å²) in [4.78, 5) is 2.26. The van der Waals surface area contributed by atoms with Gasteiger partial charge in [-0.1, -0.05) is 86.5 Å². The number of hydrogen-bond acceptors (Lipinski definition) is 1. The van der Waals surface area contributed by atoms with E-state index in [0.29, 0.717) is 0 Å². The second-order valence-corrected chi connectivity index (χ2v) is 7.95. The molecule has 0 fully saturated rings. The summed E-state index contributed by atoms with van der Waals surface area (Å²) in [5.41, 5.74) is 5.73. The number of halogens is 2. The molecule has 0 aliphatic carbocycles. The van der Waals surface area contributed by atoms with Crippen LogP contribution >= 0.6 is 31.9 Å². The van der Waals surface area contributed by atoms with Gasteiger partial charge in [0, 0.05) is 26.0 Å². The molecule has 0 saturated heterocycles. The van der Waals surface area contributed by atoms with E-state index in [1.165, 1.54) is 11.1 Å². The van der Waals surface area contributed by atoms with Gasteiger partial charge in [-0.2, -0.15) is 0 Å². The molecule has 132 valence electrons. The molecule has 0 saturated carbocycles. The lowest BCUT2D eigenvalue weighted by Crippen LogP contribution is -2.09. The highest BCUT2D eigenvalue weighted by atomic mass is 79.9. The fourth-order valence-electron chi connectivity index (χ4n) is 3.11. The van der Waals surface area contributed by atoms with E-state index in [0.717, 1.165) is 26.0 Å². The molecular weight excluding hydrogens is 462 g/mol. The molecule has 0 unspecified atom stereocenters. The summed E-state index contributed by atoms with van der Waals surface area (Å²) in [5.74, 6) is 0. The van der Waals surface area contributed by atoms with Crippen molar-refractivity contribution in [3.05, 3.63) is 112 Å². The molecule has 0 spiro atoms. The van der Waals surface area contributed by atoms with Gasteiger partial charge in [0.05, 0.1) is 0 Å². The summed E-state index contributed by atoms with van der Waals surface area (Å²) < 4.78 is 2.14. The fraction of sp³-hybridized carbons (Fsp3) is 0. The zero-order valence-electron chi connectivity index (χ0n) is 14.5. The van der Waals surface area contributed by atoms with Gasteiger partial charge in [-0.05, 0) is 59.7 Å². The van der Waals surface area contributed by atoms with E-state index in [1.807, 2.05) is 12.1 Å². The predicted molar refractivity (Wildman–Crippen MR) is 122 cm³/mol. The Bertz CT molecular complexity index is 1030. The summed E-state index contributed by atoms with van der Waals surface area (Å²) in [6.07, 6.45) is 0. The number of benzene rings is 4. The zero-order valence-corrected chi connectivity index (χ0v) is 17.7. The minimum absolute atomic E-state index is 1.07. The molecule has 0 aliphatic rings. The first-order valence-corrected chi connectivity index (χ1v) is 10.3. The first kappa shape index (κ1) is 18.0. The lowest BCUT2D eigenvalue weighted by Gasteiger charge is -2.26. The highest BCUT2D eigenvalue weighted by Gasteiger charge is 2.14. The van der Waals surface area contributed by atoms with Gasteiger partial charge in [-0.3, -0.25) is 0 Å². The van der Waals surface area contributed by atoms with Crippen molar-refractivity contribution in [1.82, 2.24) is 0 Å². The molecule has 0 amide bonds. The maximum absolute atomic E-state index is 3.77. The standard InChI is InChI=1S/C24H17Br2N/c25-19-11-13-21(14-12-19)27(20-9-5-2-6-10-20)22-15-16-23(24(26)17-22)18-7-3-1-4-8-18/h1-17H. The Morgan fingerprint density at radius 2 is 1.07 bits per heavy atom. The van der Waals surface area contributed by atoms with E-state index in [9.17, 15) is 0 Å². The molecule has 0 aromatic heterocycles. The predicted octanol–water partition coefficient (Wildman–Crippen LogP) is 8.35. The van der Waals surface area contributed by atoms with E-state index in [4.69, 9.17) is 0 Å². The van der Waals surface area contributed by atoms with Crippen LogP contribution in [0.2, 0.25) is 0 Å². The minimum atomic E-state index is 1.07. The molecule has 0 radical (unpaired) electrons. The molecule has 3 heteroatoms. The monoisotopic (exact) mass is 477 g/mol. The van der Waals surface area contributed by atoms with Crippen molar-refractivity contribution in [2.45, 2.75) is 0 Å². The van der Waals surface area contributed by atoms with Gasteiger partial charge in [0.1, 0.15) is 0 Å². The second-order valence-electron chi connectivity index (χ2n) is 6.18. The van der Waals surface area contributed by atoms with Gasteiger partial charge in [-0.25, -0.2) is 0 Å². The highest BCUT2D eigenvalue weighted by Crippen LogP contribution is 2.38. The average Bonchev–Trinajstić information content (AvgIpc) is 2.71. The second kappa shape index (κ2) is 8.12. The first-order chi connectivity index (χ1) is 13.2. The van der Waals surface area contributed by atoms with E-state index in [1.54, 1.807) is 0 Å². The van der Waals surface area contributed by atoms with E-state index in [-0.39, 0.29) is 0 Å². The maximum atomic E-state index is 3.77. The Morgan fingerprint density at radius 1 is 0.519 bits per heavy atom. The topological polar surface area (TPSA) is 3.24 Å².